The highest BCUT2D eigenvalue weighted by Gasteiger charge is 2.34. The number of carbonyl (C=O) groups is 1. The van der Waals surface area contributed by atoms with Crippen LogP contribution in [0, 0.1) is 12.7 Å². The zero-order valence-corrected chi connectivity index (χ0v) is 25.9. The number of halogens is 1. The van der Waals surface area contributed by atoms with Crippen LogP contribution in [0.3, 0.4) is 0 Å². The first kappa shape index (κ1) is 30.0. The molecule has 0 saturated carbocycles. The molecule has 1 aliphatic rings. The van der Waals surface area contributed by atoms with E-state index in [2.05, 4.69) is 34.7 Å². The van der Waals surface area contributed by atoms with Crippen molar-refractivity contribution in [2.75, 3.05) is 17.7 Å². The van der Waals surface area contributed by atoms with Gasteiger partial charge in [0.15, 0.2) is 0 Å². The van der Waals surface area contributed by atoms with Gasteiger partial charge in [-0.1, -0.05) is 84.1 Å². The highest BCUT2D eigenvalue weighted by molar-refractivity contribution is 7.98. The number of thioether (sulfide) groups is 1. The third-order valence-corrected chi connectivity index (χ3v) is 8.36. The maximum Gasteiger partial charge on any atom is 0.255 e. The summed E-state index contributed by atoms with van der Waals surface area (Å²) in [6.45, 7) is 4.33. The molecule has 1 amide bonds. The summed E-state index contributed by atoms with van der Waals surface area (Å²) in [6.07, 6.45) is 0. The number of benzene rings is 4. The van der Waals surface area contributed by atoms with Gasteiger partial charge in [-0.25, -0.2) is 9.07 Å². The zero-order valence-electron chi connectivity index (χ0n) is 25.1. The number of fused-ring (bicyclic) bond motifs is 1. The number of allylic oxidation sites excluding steroid dienone is 1. The van der Waals surface area contributed by atoms with Gasteiger partial charge in [0.1, 0.15) is 30.0 Å². The lowest BCUT2D eigenvalue weighted by atomic mass is 9.95. The average molecular weight is 622 g/mol. The first-order valence-corrected chi connectivity index (χ1v) is 15.4. The minimum atomic E-state index is -0.600. The number of carbonyl (C=O) groups excluding carboxylic acids is 1. The molecule has 0 bridgehead atoms. The topological polar surface area (TPSA) is 90.3 Å². The maximum absolute atomic E-state index is 14.3. The van der Waals surface area contributed by atoms with E-state index in [1.807, 2.05) is 55.5 Å². The molecule has 0 fully saturated rings. The average Bonchev–Trinajstić information content (AvgIpc) is 3.46. The largest absolute Gasteiger partial charge is 0.495 e. The number of ether oxygens (including phenoxy) is 2. The molecule has 0 spiro atoms. The van der Waals surface area contributed by atoms with E-state index < -0.39 is 6.04 Å². The number of nitrogens with zero attached hydrogens (tertiary/aromatic N) is 3. The number of amides is 1. The predicted octanol–water partition coefficient (Wildman–Crippen LogP) is 7.53. The molecule has 4 aromatic carbocycles. The summed E-state index contributed by atoms with van der Waals surface area (Å²) in [7, 11) is 1.56. The van der Waals surface area contributed by atoms with Crippen LogP contribution < -0.4 is 20.1 Å². The van der Waals surface area contributed by atoms with Crippen molar-refractivity contribution in [3.8, 4) is 11.5 Å². The van der Waals surface area contributed by atoms with E-state index in [9.17, 15) is 9.18 Å². The maximum atomic E-state index is 14.3. The van der Waals surface area contributed by atoms with Crippen molar-refractivity contribution in [3.63, 3.8) is 0 Å². The molecule has 1 unspecified atom stereocenters. The van der Waals surface area contributed by atoms with E-state index in [0.717, 1.165) is 11.1 Å². The fourth-order valence-electron chi connectivity index (χ4n) is 5.09. The van der Waals surface area contributed by atoms with Crippen molar-refractivity contribution >= 4 is 29.3 Å². The Morgan fingerprint density at radius 2 is 1.71 bits per heavy atom. The summed E-state index contributed by atoms with van der Waals surface area (Å²) in [6, 6.07) is 29.2. The van der Waals surface area contributed by atoms with E-state index in [-0.39, 0.29) is 11.7 Å². The number of nitrogens with one attached hydrogen (secondary N) is 2. The number of aromatic nitrogens is 3. The summed E-state index contributed by atoms with van der Waals surface area (Å²) < 4.78 is 27.5. The van der Waals surface area contributed by atoms with Gasteiger partial charge in [-0.15, -0.1) is 5.10 Å². The summed E-state index contributed by atoms with van der Waals surface area (Å²) in [5.74, 6) is 1.52. The molecule has 0 radical (unpaired) electrons. The van der Waals surface area contributed by atoms with Crippen LogP contribution in [0.4, 0.5) is 16.0 Å². The summed E-state index contributed by atoms with van der Waals surface area (Å²) in [4.78, 5) is 18.6. The number of para-hydroxylation sites is 2. The van der Waals surface area contributed by atoms with Gasteiger partial charge in [0, 0.05) is 11.4 Å². The SMILES string of the molecule is COc1ccccc1NC(=O)C1=C(C)Nc2nc(SCc3ccccc3F)nn2C1c1ccc(OCc2ccc(C)cc2)cc1. The molecule has 2 heterocycles. The quantitative estimate of drug-likeness (QED) is 0.156. The molecule has 6 rings (SSSR count). The Balaban J connectivity index is 1.30. The second kappa shape index (κ2) is 13.3. The Morgan fingerprint density at radius 1 is 0.978 bits per heavy atom. The van der Waals surface area contributed by atoms with E-state index in [4.69, 9.17) is 14.6 Å². The molecule has 1 atom stereocenters. The second-order valence-electron chi connectivity index (χ2n) is 10.6. The van der Waals surface area contributed by atoms with Crippen LogP contribution in [0.1, 0.15) is 35.2 Å². The Hall–Kier alpha value is -5.09. The molecular weight excluding hydrogens is 589 g/mol. The van der Waals surface area contributed by atoms with Gasteiger partial charge in [-0.2, -0.15) is 4.98 Å². The smallest absolute Gasteiger partial charge is 0.255 e. The third-order valence-electron chi connectivity index (χ3n) is 7.47. The molecule has 2 N–H and O–H groups in total. The monoisotopic (exact) mass is 621 g/mol. The Bertz CT molecular complexity index is 1850. The lowest BCUT2D eigenvalue weighted by Crippen LogP contribution is -2.31. The van der Waals surface area contributed by atoms with Gasteiger partial charge in [-0.3, -0.25) is 4.79 Å². The van der Waals surface area contributed by atoms with Gasteiger partial charge in [0.05, 0.1) is 18.4 Å². The highest BCUT2D eigenvalue weighted by atomic mass is 32.2. The van der Waals surface area contributed by atoms with Crippen molar-refractivity contribution in [3.05, 3.63) is 136 Å². The number of hydrogen-bond acceptors (Lipinski definition) is 7. The first-order valence-electron chi connectivity index (χ1n) is 14.4. The molecule has 1 aromatic heterocycles. The van der Waals surface area contributed by atoms with Crippen molar-refractivity contribution < 1.29 is 18.7 Å². The number of rotatable bonds is 10. The molecule has 45 heavy (non-hydrogen) atoms. The van der Waals surface area contributed by atoms with Crippen LogP contribution in [0.5, 0.6) is 11.5 Å². The standard InChI is InChI=1S/C35H32FN5O3S/c1-22-12-14-24(15-13-22)20-44-27-18-16-25(17-19-27)32-31(33(42)38-29-10-6-7-11-30(29)43-3)23(2)37-34-39-35(40-41(32)34)45-21-26-8-4-5-9-28(26)36/h4-19,32H,20-21H2,1-3H3,(H,38,42)(H,37,39,40). The molecule has 5 aromatic rings. The van der Waals surface area contributed by atoms with Gasteiger partial charge in [-0.05, 0) is 60.9 Å². The van der Waals surface area contributed by atoms with Crippen LogP contribution in [0.15, 0.2) is 113 Å². The molecule has 10 heteroatoms. The normalized spacial score (nSPS) is 14.0. The van der Waals surface area contributed by atoms with Crippen molar-refractivity contribution in [1.82, 2.24) is 14.8 Å². The van der Waals surface area contributed by atoms with Crippen LogP contribution in [-0.2, 0) is 17.2 Å². The molecule has 0 aliphatic carbocycles. The highest BCUT2D eigenvalue weighted by Crippen LogP contribution is 2.38. The van der Waals surface area contributed by atoms with E-state index in [0.29, 0.717) is 57.5 Å². The van der Waals surface area contributed by atoms with Crippen LogP contribution in [-0.4, -0.2) is 27.8 Å². The number of hydrogen-bond donors (Lipinski definition) is 2. The predicted molar refractivity (Wildman–Crippen MR) is 174 cm³/mol. The minimum absolute atomic E-state index is 0.275. The van der Waals surface area contributed by atoms with Crippen LogP contribution >= 0.6 is 11.8 Å². The summed E-state index contributed by atoms with van der Waals surface area (Å²) in [5, 5.41) is 11.5. The fourth-order valence-corrected chi connectivity index (χ4v) is 5.90. The second-order valence-corrected chi connectivity index (χ2v) is 11.5. The molecular formula is C35H32FN5O3S. The Kier molecular flexibility index (Phi) is 8.84. The van der Waals surface area contributed by atoms with Crippen molar-refractivity contribution in [1.29, 1.82) is 0 Å². The Morgan fingerprint density at radius 3 is 2.47 bits per heavy atom. The van der Waals surface area contributed by atoms with Gasteiger partial charge in [0.25, 0.3) is 5.91 Å². The van der Waals surface area contributed by atoms with Gasteiger partial charge < -0.3 is 20.1 Å². The minimum Gasteiger partial charge on any atom is -0.495 e. The van der Waals surface area contributed by atoms with Crippen molar-refractivity contribution in [2.45, 2.75) is 37.4 Å². The van der Waals surface area contributed by atoms with E-state index in [1.165, 1.54) is 23.4 Å². The fraction of sp³-hybridized carbons (Fsp3) is 0.171. The van der Waals surface area contributed by atoms with Crippen LogP contribution in [0.2, 0.25) is 0 Å². The summed E-state index contributed by atoms with van der Waals surface area (Å²) >= 11 is 1.33. The van der Waals surface area contributed by atoms with Gasteiger partial charge in [0.2, 0.25) is 11.1 Å². The van der Waals surface area contributed by atoms with E-state index in [1.54, 1.807) is 42.1 Å². The Labute approximate surface area is 265 Å². The molecule has 8 nitrogen and oxygen atoms in total. The summed E-state index contributed by atoms with van der Waals surface area (Å²) in [5.41, 5.74) is 5.31. The lowest BCUT2D eigenvalue weighted by molar-refractivity contribution is -0.113. The van der Waals surface area contributed by atoms with Crippen LogP contribution in [0.25, 0.3) is 0 Å². The van der Waals surface area contributed by atoms with E-state index >= 15 is 0 Å². The lowest BCUT2D eigenvalue weighted by Gasteiger charge is -2.29. The number of anilines is 2. The van der Waals surface area contributed by atoms with Crippen molar-refractivity contribution in [2.24, 2.45) is 0 Å². The first-order chi connectivity index (χ1) is 21.9. The number of aryl methyl sites for hydroxylation is 1. The third kappa shape index (κ3) is 6.71. The van der Waals surface area contributed by atoms with Gasteiger partial charge >= 0.3 is 0 Å². The molecule has 0 saturated heterocycles. The zero-order chi connectivity index (χ0) is 31.3. The molecule has 228 valence electrons. The molecule has 1 aliphatic heterocycles. The number of methoxy groups -OCH3 is 1.